The highest BCUT2D eigenvalue weighted by atomic mass is 32.2. The van der Waals surface area contributed by atoms with Gasteiger partial charge in [0.25, 0.3) is 5.91 Å². The Labute approximate surface area is 139 Å². The van der Waals surface area contributed by atoms with E-state index >= 15 is 0 Å². The van der Waals surface area contributed by atoms with Gasteiger partial charge in [-0.3, -0.25) is 13.8 Å². The van der Waals surface area contributed by atoms with Crippen molar-refractivity contribution in [3.63, 3.8) is 0 Å². The first kappa shape index (κ1) is 16.2. The highest BCUT2D eigenvalue weighted by Crippen LogP contribution is 2.25. The monoisotopic (exact) mass is 334 g/mol. The van der Waals surface area contributed by atoms with Crippen molar-refractivity contribution in [2.24, 2.45) is 0 Å². The molecule has 1 aromatic rings. The minimum Gasteiger partial charge on any atom is -0.336 e. The summed E-state index contributed by atoms with van der Waals surface area (Å²) < 4.78 is 11.6. The predicted octanol–water partition coefficient (Wildman–Crippen LogP) is 1.80. The van der Waals surface area contributed by atoms with Crippen molar-refractivity contribution in [3.8, 4) is 0 Å². The number of hydrogen-bond donors (Lipinski definition) is 0. The Kier molecular flexibility index (Phi) is 4.27. The fourth-order valence-corrected chi connectivity index (χ4v) is 4.40. The number of anilines is 1. The van der Waals surface area contributed by atoms with Crippen molar-refractivity contribution in [1.29, 1.82) is 0 Å². The van der Waals surface area contributed by atoms with Crippen LogP contribution in [-0.4, -0.2) is 51.1 Å². The summed E-state index contributed by atoms with van der Waals surface area (Å²) in [5, 5.41) is 0. The number of carbonyl (C=O) groups is 2. The molecule has 2 amide bonds. The summed E-state index contributed by atoms with van der Waals surface area (Å²) in [6.07, 6.45) is 1.44. The summed E-state index contributed by atoms with van der Waals surface area (Å²) in [6, 6.07) is 7.27. The van der Waals surface area contributed by atoms with Gasteiger partial charge < -0.3 is 9.80 Å². The third-order valence-corrected chi connectivity index (χ3v) is 6.42. The van der Waals surface area contributed by atoms with Gasteiger partial charge in [0, 0.05) is 53.9 Å². The first-order valence-electron chi connectivity index (χ1n) is 7.97. The van der Waals surface area contributed by atoms with Gasteiger partial charge in [-0.1, -0.05) is 6.07 Å². The van der Waals surface area contributed by atoms with Crippen LogP contribution in [0.3, 0.4) is 0 Å². The molecule has 0 aliphatic carbocycles. The third kappa shape index (κ3) is 3.17. The molecule has 6 heteroatoms. The maximum Gasteiger partial charge on any atom is 0.254 e. The molecule has 124 valence electrons. The van der Waals surface area contributed by atoms with E-state index in [1.165, 1.54) is 0 Å². The van der Waals surface area contributed by atoms with Crippen LogP contribution in [0.2, 0.25) is 0 Å². The first-order chi connectivity index (χ1) is 10.9. The normalized spacial score (nSPS) is 24.1. The fourth-order valence-electron chi connectivity index (χ4n) is 3.16. The topological polar surface area (TPSA) is 57.7 Å². The predicted molar refractivity (Wildman–Crippen MR) is 91.0 cm³/mol. The summed E-state index contributed by atoms with van der Waals surface area (Å²) in [7, 11) is -0.902. The molecule has 2 heterocycles. The number of benzene rings is 1. The maximum atomic E-state index is 12.8. The number of nitrogens with zero attached hydrogens (tertiary/aromatic N) is 2. The Bertz CT molecular complexity index is 672. The van der Waals surface area contributed by atoms with Gasteiger partial charge in [-0.05, 0) is 38.5 Å². The molecular weight excluding hydrogens is 312 g/mol. The average molecular weight is 334 g/mol. The Hall–Kier alpha value is -1.69. The number of rotatable bonds is 2. The summed E-state index contributed by atoms with van der Waals surface area (Å²) in [6.45, 7) is 5.59. The minimum atomic E-state index is -0.902. The van der Waals surface area contributed by atoms with E-state index in [1.807, 2.05) is 26.0 Å². The van der Waals surface area contributed by atoms with Crippen LogP contribution in [0.4, 0.5) is 5.69 Å². The van der Waals surface area contributed by atoms with Crippen LogP contribution in [-0.2, 0) is 15.6 Å². The van der Waals surface area contributed by atoms with Crippen LogP contribution in [0.15, 0.2) is 24.3 Å². The fraction of sp³-hybridized carbons (Fsp3) is 0.529. The molecule has 0 saturated carbocycles. The third-order valence-electron chi connectivity index (χ3n) is 4.50. The second kappa shape index (κ2) is 6.07. The molecule has 23 heavy (non-hydrogen) atoms. The smallest absolute Gasteiger partial charge is 0.254 e. The molecular formula is C17H22N2O3S. The second-order valence-corrected chi connectivity index (χ2v) is 8.94. The van der Waals surface area contributed by atoms with Gasteiger partial charge >= 0.3 is 0 Å². The van der Waals surface area contributed by atoms with E-state index in [9.17, 15) is 13.8 Å². The molecule has 0 N–H and O–H groups in total. The lowest BCUT2D eigenvalue weighted by Crippen LogP contribution is -2.52. The van der Waals surface area contributed by atoms with Crippen LogP contribution in [0.5, 0.6) is 0 Å². The quantitative estimate of drug-likeness (QED) is 0.829. The van der Waals surface area contributed by atoms with Gasteiger partial charge in [0.15, 0.2) is 0 Å². The van der Waals surface area contributed by atoms with Crippen LogP contribution in [0, 0.1) is 0 Å². The van der Waals surface area contributed by atoms with Crippen LogP contribution in [0.1, 0.15) is 37.0 Å². The zero-order chi connectivity index (χ0) is 16.6. The Morgan fingerprint density at radius 3 is 2.70 bits per heavy atom. The average Bonchev–Trinajstić information content (AvgIpc) is 2.95. The molecule has 2 fully saturated rings. The van der Waals surface area contributed by atoms with Gasteiger partial charge in [0.2, 0.25) is 5.91 Å². The number of carbonyl (C=O) groups excluding carboxylic acids is 2. The molecule has 2 aliphatic heterocycles. The standard InChI is InChI=1S/C17H22N2O3S/c1-17(2)12-18(9-10-23(17)22)16(21)13-5-3-6-14(11-13)19-8-4-7-15(19)20/h3,5-6,11H,4,7-10,12H2,1-2H3/t23-/m0/s1. The van der Waals surface area contributed by atoms with Crippen molar-refractivity contribution in [2.75, 3.05) is 30.3 Å². The molecule has 1 aromatic carbocycles. The zero-order valence-electron chi connectivity index (χ0n) is 13.6. The SMILES string of the molecule is CC1(C)CN(C(=O)c2cccc(N3CCCC3=O)c2)CC[S@@]1=O. The molecule has 2 saturated heterocycles. The number of amides is 2. The lowest BCUT2D eigenvalue weighted by atomic mass is 10.1. The van der Waals surface area contributed by atoms with E-state index in [-0.39, 0.29) is 16.6 Å². The van der Waals surface area contributed by atoms with Gasteiger partial charge in [-0.25, -0.2) is 0 Å². The number of hydrogen-bond acceptors (Lipinski definition) is 3. The molecule has 3 rings (SSSR count). The summed E-state index contributed by atoms with van der Waals surface area (Å²) in [5.74, 6) is 0.579. The van der Waals surface area contributed by atoms with Crippen molar-refractivity contribution >= 4 is 28.3 Å². The van der Waals surface area contributed by atoms with E-state index in [0.717, 1.165) is 12.1 Å². The van der Waals surface area contributed by atoms with Crippen molar-refractivity contribution < 1.29 is 13.8 Å². The highest BCUT2D eigenvalue weighted by Gasteiger charge is 2.35. The first-order valence-corrected chi connectivity index (χ1v) is 9.28. The van der Waals surface area contributed by atoms with Gasteiger partial charge in [-0.2, -0.15) is 0 Å². The molecule has 0 bridgehead atoms. The van der Waals surface area contributed by atoms with Gasteiger partial charge in [-0.15, -0.1) is 0 Å². The van der Waals surface area contributed by atoms with Gasteiger partial charge in [0.05, 0.1) is 4.75 Å². The molecule has 5 nitrogen and oxygen atoms in total. The molecule has 0 unspecified atom stereocenters. The van der Waals surface area contributed by atoms with Crippen molar-refractivity contribution in [1.82, 2.24) is 4.90 Å². The molecule has 0 spiro atoms. The van der Waals surface area contributed by atoms with Crippen molar-refractivity contribution in [3.05, 3.63) is 29.8 Å². The van der Waals surface area contributed by atoms with E-state index in [1.54, 1.807) is 21.9 Å². The lowest BCUT2D eigenvalue weighted by molar-refractivity contribution is -0.117. The van der Waals surface area contributed by atoms with E-state index < -0.39 is 10.8 Å². The van der Waals surface area contributed by atoms with Gasteiger partial charge in [0.1, 0.15) is 0 Å². The minimum absolute atomic E-state index is 0.0525. The molecule has 0 aromatic heterocycles. The maximum absolute atomic E-state index is 12.8. The Morgan fingerprint density at radius 1 is 1.26 bits per heavy atom. The van der Waals surface area contributed by atoms with Crippen LogP contribution in [0.25, 0.3) is 0 Å². The zero-order valence-corrected chi connectivity index (χ0v) is 14.4. The molecule has 2 aliphatic rings. The Morgan fingerprint density at radius 2 is 2.04 bits per heavy atom. The summed E-state index contributed by atoms with van der Waals surface area (Å²) in [4.78, 5) is 28.2. The Balaban J connectivity index is 1.80. The highest BCUT2D eigenvalue weighted by molar-refractivity contribution is 7.86. The molecule has 1 atom stereocenters. The van der Waals surface area contributed by atoms with Crippen molar-refractivity contribution in [2.45, 2.75) is 31.4 Å². The lowest BCUT2D eigenvalue weighted by Gasteiger charge is -2.37. The van der Waals surface area contributed by atoms with Crippen LogP contribution >= 0.6 is 0 Å². The summed E-state index contributed by atoms with van der Waals surface area (Å²) >= 11 is 0. The molecule has 0 radical (unpaired) electrons. The van der Waals surface area contributed by atoms with Crippen LogP contribution < -0.4 is 4.90 Å². The van der Waals surface area contributed by atoms with E-state index in [4.69, 9.17) is 0 Å². The largest absolute Gasteiger partial charge is 0.336 e. The van der Waals surface area contributed by atoms with E-state index in [2.05, 4.69) is 0 Å². The second-order valence-electron chi connectivity index (χ2n) is 6.74. The summed E-state index contributed by atoms with van der Waals surface area (Å²) in [5.41, 5.74) is 1.38. The van der Waals surface area contributed by atoms with E-state index in [0.29, 0.717) is 37.4 Å².